The number of carbonyl (C=O) groups excluding carboxylic acids is 1. The van der Waals surface area contributed by atoms with Crippen LogP contribution in [0.15, 0.2) is 0 Å². The molecule has 90 valence electrons. The molecule has 1 aliphatic carbocycles. The van der Waals surface area contributed by atoms with E-state index >= 15 is 0 Å². The van der Waals surface area contributed by atoms with Crippen molar-refractivity contribution in [1.82, 2.24) is 5.32 Å². The van der Waals surface area contributed by atoms with Crippen molar-refractivity contribution in [3.8, 4) is 0 Å². The second-order valence-corrected chi connectivity index (χ2v) is 4.60. The summed E-state index contributed by atoms with van der Waals surface area (Å²) in [5, 5.41) is 11.8. The molecule has 5 nitrogen and oxygen atoms in total. The molecule has 0 bridgehead atoms. The predicted octanol–water partition coefficient (Wildman–Crippen LogP) is 0.536. The highest BCUT2D eigenvalue weighted by Crippen LogP contribution is 2.46. The number of ether oxygens (including phenoxy) is 1. The molecular formula is C11H17NO4. The van der Waals surface area contributed by atoms with Gasteiger partial charge in [-0.05, 0) is 32.1 Å². The van der Waals surface area contributed by atoms with Gasteiger partial charge in [-0.2, -0.15) is 0 Å². The maximum Gasteiger partial charge on any atom is 0.319 e. The molecular weight excluding hydrogens is 210 g/mol. The Morgan fingerprint density at radius 2 is 2.00 bits per heavy atom. The topological polar surface area (TPSA) is 75.6 Å². The summed E-state index contributed by atoms with van der Waals surface area (Å²) in [7, 11) is 0. The first-order valence-electron chi connectivity index (χ1n) is 5.77. The number of nitrogens with one attached hydrogen (secondary N) is 1. The van der Waals surface area contributed by atoms with E-state index < -0.39 is 11.4 Å². The van der Waals surface area contributed by atoms with Gasteiger partial charge in [-0.1, -0.05) is 0 Å². The highest BCUT2D eigenvalue weighted by Gasteiger charge is 2.57. The van der Waals surface area contributed by atoms with E-state index in [1.54, 1.807) is 0 Å². The quantitative estimate of drug-likeness (QED) is 0.690. The van der Waals surface area contributed by atoms with Crippen LogP contribution in [0.5, 0.6) is 0 Å². The van der Waals surface area contributed by atoms with Gasteiger partial charge in [0.1, 0.15) is 5.41 Å². The van der Waals surface area contributed by atoms with Gasteiger partial charge in [-0.25, -0.2) is 0 Å². The van der Waals surface area contributed by atoms with Crippen LogP contribution in [0, 0.1) is 5.41 Å². The second kappa shape index (κ2) is 4.41. The number of hydrogen-bond acceptors (Lipinski definition) is 3. The summed E-state index contributed by atoms with van der Waals surface area (Å²) in [4.78, 5) is 22.8. The van der Waals surface area contributed by atoms with Crippen molar-refractivity contribution in [2.75, 3.05) is 13.2 Å². The molecule has 0 aromatic carbocycles. The zero-order chi connectivity index (χ0) is 11.6. The van der Waals surface area contributed by atoms with Gasteiger partial charge in [-0.15, -0.1) is 0 Å². The van der Waals surface area contributed by atoms with Gasteiger partial charge >= 0.3 is 5.97 Å². The van der Waals surface area contributed by atoms with E-state index in [1.807, 2.05) is 0 Å². The monoisotopic (exact) mass is 227 g/mol. The summed E-state index contributed by atoms with van der Waals surface area (Å²) in [6.07, 6.45) is 3.52. The molecule has 1 aliphatic heterocycles. The Kier molecular flexibility index (Phi) is 3.14. The van der Waals surface area contributed by atoms with Gasteiger partial charge < -0.3 is 15.2 Å². The van der Waals surface area contributed by atoms with Gasteiger partial charge in [0.25, 0.3) is 0 Å². The summed E-state index contributed by atoms with van der Waals surface area (Å²) in [5.74, 6) is -1.30. The lowest BCUT2D eigenvalue weighted by Gasteiger charge is -2.18. The fraction of sp³-hybridized carbons (Fsp3) is 0.818. The van der Waals surface area contributed by atoms with E-state index in [0.29, 0.717) is 19.4 Å². The summed E-state index contributed by atoms with van der Waals surface area (Å²) >= 11 is 0. The molecule has 2 rings (SSSR count). The molecule has 1 atom stereocenters. The van der Waals surface area contributed by atoms with Crippen molar-refractivity contribution in [1.29, 1.82) is 0 Å². The van der Waals surface area contributed by atoms with Crippen LogP contribution in [-0.2, 0) is 14.3 Å². The Morgan fingerprint density at radius 1 is 1.25 bits per heavy atom. The smallest absolute Gasteiger partial charge is 0.319 e. The van der Waals surface area contributed by atoms with E-state index in [2.05, 4.69) is 5.32 Å². The minimum atomic E-state index is -1.12. The van der Waals surface area contributed by atoms with Crippen molar-refractivity contribution in [3.63, 3.8) is 0 Å². The van der Waals surface area contributed by atoms with E-state index in [1.165, 1.54) is 0 Å². The van der Waals surface area contributed by atoms with E-state index in [4.69, 9.17) is 9.84 Å². The minimum Gasteiger partial charge on any atom is -0.480 e. The highest BCUT2D eigenvalue weighted by molar-refractivity contribution is 6.04. The minimum absolute atomic E-state index is 0.0758. The summed E-state index contributed by atoms with van der Waals surface area (Å²) in [5.41, 5.74) is -1.12. The number of aliphatic carboxylic acids is 1. The number of rotatable bonds is 3. The molecule has 0 aromatic heterocycles. The average molecular weight is 227 g/mol. The molecule has 0 aromatic rings. The molecule has 0 radical (unpaired) electrons. The lowest BCUT2D eigenvalue weighted by Crippen LogP contribution is -2.42. The first kappa shape index (κ1) is 11.4. The maximum absolute atomic E-state index is 11.8. The van der Waals surface area contributed by atoms with Crippen molar-refractivity contribution in [3.05, 3.63) is 0 Å². The molecule has 1 unspecified atom stereocenters. The fourth-order valence-corrected chi connectivity index (χ4v) is 2.03. The molecule has 1 saturated carbocycles. The maximum atomic E-state index is 11.8. The fourth-order valence-electron chi connectivity index (χ4n) is 2.03. The van der Waals surface area contributed by atoms with Gasteiger partial charge in [0.15, 0.2) is 0 Å². The highest BCUT2D eigenvalue weighted by atomic mass is 16.5. The molecule has 5 heteroatoms. The largest absolute Gasteiger partial charge is 0.480 e. The third-order valence-corrected chi connectivity index (χ3v) is 3.38. The molecule has 0 spiro atoms. The number of hydrogen-bond donors (Lipinski definition) is 2. The third kappa shape index (κ3) is 2.19. The SMILES string of the molecule is O=C(O)C1(C(=O)NC2CCCOCC2)CC1. The van der Waals surface area contributed by atoms with Crippen LogP contribution in [-0.4, -0.2) is 36.2 Å². The normalized spacial score (nSPS) is 27.9. The first-order chi connectivity index (χ1) is 7.65. The van der Waals surface area contributed by atoms with Crippen molar-refractivity contribution in [2.24, 2.45) is 5.41 Å². The molecule has 1 saturated heterocycles. The van der Waals surface area contributed by atoms with Crippen molar-refractivity contribution >= 4 is 11.9 Å². The second-order valence-electron chi connectivity index (χ2n) is 4.60. The number of carboxylic acids is 1. The molecule has 1 heterocycles. The Balaban J connectivity index is 1.89. The summed E-state index contributed by atoms with van der Waals surface area (Å²) < 4.78 is 5.29. The van der Waals surface area contributed by atoms with Crippen LogP contribution in [0.25, 0.3) is 0 Å². The summed E-state index contributed by atoms with van der Waals surface area (Å²) in [6.45, 7) is 1.38. The lowest BCUT2D eigenvalue weighted by atomic mass is 10.0. The van der Waals surface area contributed by atoms with Crippen LogP contribution < -0.4 is 5.32 Å². The predicted molar refractivity (Wildman–Crippen MR) is 55.9 cm³/mol. The number of amides is 1. The Labute approximate surface area is 94.2 Å². The Morgan fingerprint density at radius 3 is 2.62 bits per heavy atom. The zero-order valence-electron chi connectivity index (χ0n) is 9.20. The number of carboxylic acid groups (broad SMARTS) is 1. The standard InChI is InChI=1S/C11H17NO4/c13-9(11(4-5-11)10(14)15)12-8-2-1-6-16-7-3-8/h8H,1-7H2,(H,12,13)(H,14,15). The van der Waals surface area contributed by atoms with Gasteiger partial charge in [0.2, 0.25) is 5.91 Å². The molecule has 1 amide bonds. The van der Waals surface area contributed by atoms with Crippen molar-refractivity contribution < 1.29 is 19.4 Å². The molecule has 16 heavy (non-hydrogen) atoms. The summed E-state index contributed by atoms with van der Waals surface area (Å²) in [6, 6.07) is 0.0758. The Hall–Kier alpha value is -1.10. The van der Waals surface area contributed by atoms with Crippen LogP contribution in [0.4, 0.5) is 0 Å². The first-order valence-corrected chi connectivity index (χ1v) is 5.77. The van der Waals surface area contributed by atoms with Crippen LogP contribution in [0.1, 0.15) is 32.1 Å². The number of carbonyl (C=O) groups is 2. The van der Waals surface area contributed by atoms with Gasteiger partial charge in [0.05, 0.1) is 0 Å². The molecule has 2 aliphatic rings. The van der Waals surface area contributed by atoms with E-state index in [-0.39, 0.29) is 11.9 Å². The van der Waals surface area contributed by atoms with Crippen LogP contribution in [0.3, 0.4) is 0 Å². The van der Waals surface area contributed by atoms with Crippen LogP contribution in [0.2, 0.25) is 0 Å². The van der Waals surface area contributed by atoms with E-state index in [0.717, 1.165) is 25.9 Å². The third-order valence-electron chi connectivity index (χ3n) is 3.38. The van der Waals surface area contributed by atoms with E-state index in [9.17, 15) is 9.59 Å². The van der Waals surface area contributed by atoms with Crippen molar-refractivity contribution in [2.45, 2.75) is 38.1 Å². The van der Waals surface area contributed by atoms with Gasteiger partial charge in [0, 0.05) is 19.3 Å². The lowest BCUT2D eigenvalue weighted by molar-refractivity contribution is -0.149. The average Bonchev–Trinajstić information content (AvgIpc) is 3.03. The molecule has 2 N–H and O–H groups in total. The molecule has 2 fully saturated rings. The Bertz CT molecular complexity index is 290. The zero-order valence-corrected chi connectivity index (χ0v) is 9.20. The van der Waals surface area contributed by atoms with Crippen LogP contribution >= 0.6 is 0 Å². The van der Waals surface area contributed by atoms with Gasteiger partial charge in [-0.3, -0.25) is 9.59 Å².